The minimum atomic E-state index is -0.879. The zero-order chi connectivity index (χ0) is 20.9. The molecule has 3 rings (SSSR count). The fraction of sp³-hybridized carbons (Fsp3) is 0.619. The van der Waals surface area contributed by atoms with Gasteiger partial charge in [-0.2, -0.15) is 0 Å². The number of carbonyl (C=O) groups excluding carboxylic acids is 2. The first-order valence-corrected chi connectivity index (χ1v) is 10.4. The predicted octanol–water partition coefficient (Wildman–Crippen LogP) is 1.72. The van der Waals surface area contributed by atoms with Crippen LogP contribution in [0.4, 0.5) is 5.69 Å². The molecule has 2 amide bonds. The molecule has 0 saturated carbocycles. The number of nitrogens with zero attached hydrogens (tertiary/aromatic N) is 3. The van der Waals surface area contributed by atoms with Gasteiger partial charge in [0.15, 0.2) is 0 Å². The second-order valence-corrected chi connectivity index (χ2v) is 8.10. The third-order valence-electron chi connectivity index (χ3n) is 5.96. The number of carbonyl (C=O) groups is 3. The average molecular weight is 402 g/mol. The second kappa shape index (κ2) is 9.24. The number of pyridine rings is 1. The second-order valence-electron chi connectivity index (χ2n) is 8.10. The summed E-state index contributed by atoms with van der Waals surface area (Å²) in [6, 6.07) is 4.06. The Labute approximate surface area is 171 Å². The summed E-state index contributed by atoms with van der Waals surface area (Å²) >= 11 is 0. The van der Waals surface area contributed by atoms with Crippen LogP contribution >= 0.6 is 0 Å². The van der Waals surface area contributed by atoms with Crippen LogP contribution < -0.4 is 10.2 Å². The summed E-state index contributed by atoms with van der Waals surface area (Å²) in [7, 11) is 0. The molecule has 2 aliphatic heterocycles. The number of aryl methyl sites for hydroxylation is 1. The molecule has 1 aromatic heterocycles. The number of carboxylic acid groups (broad SMARTS) is 1. The third kappa shape index (κ3) is 5.68. The van der Waals surface area contributed by atoms with Crippen LogP contribution in [0.15, 0.2) is 18.3 Å². The van der Waals surface area contributed by atoms with E-state index in [0.717, 1.165) is 30.9 Å². The van der Waals surface area contributed by atoms with Crippen molar-refractivity contribution in [1.82, 2.24) is 15.2 Å². The monoisotopic (exact) mass is 402 g/mol. The SMILES string of the molecule is Cc1cc(N2CCCN(C(=O)CC[C@@]3(CCC(=O)O)CCC(=O)N3)CC2)ccn1. The number of hydrogen-bond acceptors (Lipinski definition) is 5. The topological polar surface area (TPSA) is 103 Å². The maximum absolute atomic E-state index is 12.8. The molecule has 29 heavy (non-hydrogen) atoms. The lowest BCUT2D eigenvalue weighted by molar-refractivity contribution is -0.137. The van der Waals surface area contributed by atoms with E-state index in [1.807, 2.05) is 24.1 Å². The molecule has 8 heteroatoms. The maximum Gasteiger partial charge on any atom is 0.303 e. The molecule has 3 heterocycles. The Morgan fingerprint density at radius 2 is 2.00 bits per heavy atom. The number of nitrogens with one attached hydrogen (secondary N) is 1. The molecule has 1 atom stereocenters. The first kappa shape index (κ1) is 21.1. The highest BCUT2D eigenvalue weighted by molar-refractivity contribution is 5.80. The number of rotatable bonds is 7. The molecule has 158 valence electrons. The van der Waals surface area contributed by atoms with E-state index in [0.29, 0.717) is 45.2 Å². The van der Waals surface area contributed by atoms with Crippen LogP contribution in [0.5, 0.6) is 0 Å². The normalized spacial score (nSPS) is 22.3. The fourth-order valence-electron chi connectivity index (χ4n) is 4.28. The highest BCUT2D eigenvalue weighted by atomic mass is 16.4. The molecule has 0 radical (unpaired) electrons. The average Bonchev–Trinajstić information content (AvgIpc) is 2.90. The van der Waals surface area contributed by atoms with Gasteiger partial charge in [-0.3, -0.25) is 19.4 Å². The van der Waals surface area contributed by atoms with Gasteiger partial charge in [-0.1, -0.05) is 0 Å². The summed E-state index contributed by atoms with van der Waals surface area (Å²) < 4.78 is 0. The minimum Gasteiger partial charge on any atom is -0.481 e. The molecule has 2 aliphatic rings. The molecule has 0 unspecified atom stereocenters. The van der Waals surface area contributed by atoms with E-state index in [4.69, 9.17) is 5.11 Å². The fourth-order valence-corrected chi connectivity index (χ4v) is 4.28. The summed E-state index contributed by atoms with van der Waals surface area (Å²) in [5.41, 5.74) is 1.55. The number of carboxylic acids is 1. The van der Waals surface area contributed by atoms with Gasteiger partial charge in [0.2, 0.25) is 11.8 Å². The molecule has 0 spiro atoms. The highest BCUT2D eigenvalue weighted by Gasteiger charge is 2.38. The van der Waals surface area contributed by atoms with Crippen molar-refractivity contribution >= 4 is 23.5 Å². The number of aromatic nitrogens is 1. The van der Waals surface area contributed by atoms with E-state index in [9.17, 15) is 14.4 Å². The number of aliphatic carboxylic acids is 1. The van der Waals surface area contributed by atoms with Crippen LogP contribution in [0.1, 0.15) is 50.6 Å². The van der Waals surface area contributed by atoms with Crippen molar-refractivity contribution in [1.29, 1.82) is 0 Å². The van der Waals surface area contributed by atoms with Gasteiger partial charge in [-0.25, -0.2) is 0 Å². The van der Waals surface area contributed by atoms with Crippen molar-refractivity contribution in [2.75, 3.05) is 31.1 Å². The van der Waals surface area contributed by atoms with Crippen molar-refractivity contribution in [3.63, 3.8) is 0 Å². The van der Waals surface area contributed by atoms with Crippen molar-refractivity contribution in [3.8, 4) is 0 Å². The smallest absolute Gasteiger partial charge is 0.303 e. The molecule has 1 aromatic rings. The summed E-state index contributed by atoms with van der Waals surface area (Å²) in [5.74, 6) is -0.856. The summed E-state index contributed by atoms with van der Waals surface area (Å²) in [6.07, 6.45) is 4.90. The van der Waals surface area contributed by atoms with Crippen LogP contribution in [-0.2, 0) is 14.4 Å². The Morgan fingerprint density at radius 3 is 2.69 bits per heavy atom. The Balaban J connectivity index is 1.54. The Hall–Kier alpha value is -2.64. The Kier molecular flexibility index (Phi) is 6.71. The van der Waals surface area contributed by atoms with Gasteiger partial charge in [0.25, 0.3) is 0 Å². The molecule has 0 aliphatic carbocycles. The van der Waals surface area contributed by atoms with Gasteiger partial charge in [0, 0.05) is 68.6 Å². The minimum absolute atomic E-state index is 0.00149. The van der Waals surface area contributed by atoms with E-state index in [1.165, 1.54) is 0 Å². The van der Waals surface area contributed by atoms with Gasteiger partial charge < -0.3 is 20.2 Å². The zero-order valence-corrected chi connectivity index (χ0v) is 17.0. The highest BCUT2D eigenvalue weighted by Crippen LogP contribution is 2.30. The summed E-state index contributed by atoms with van der Waals surface area (Å²) in [5, 5.41) is 11.9. The van der Waals surface area contributed by atoms with E-state index < -0.39 is 11.5 Å². The Bertz CT molecular complexity index is 769. The van der Waals surface area contributed by atoms with Gasteiger partial charge in [0.1, 0.15) is 0 Å². The van der Waals surface area contributed by atoms with Crippen molar-refractivity contribution < 1.29 is 19.5 Å². The van der Waals surface area contributed by atoms with Gasteiger partial charge in [-0.05, 0) is 44.7 Å². The van der Waals surface area contributed by atoms with Gasteiger partial charge in [-0.15, -0.1) is 0 Å². The van der Waals surface area contributed by atoms with Crippen LogP contribution in [0.3, 0.4) is 0 Å². The van der Waals surface area contributed by atoms with E-state index in [-0.39, 0.29) is 18.2 Å². The van der Waals surface area contributed by atoms with E-state index in [2.05, 4.69) is 21.3 Å². The first-order valence-electron chi connectivity index (χ1n) is 10.4. The van der Waals surface area contributed by atoms with Crippen LogP contribution in [0.25, 0.3) is 0 Å². The zero-order valence-electron chi connectivity index (χ0n) is 17.0. The molecule has 2 fully saturated rings. The lowest BCUT2D eigenvalue weighted by Gasteiger charge is -2.30. The van der Waals surface area contributed by atoms with Crippen molar-refractivity contribution in [3.05, 3.63) is 24.0 Å². The third-order valence-corrected chi connectivity index (χ3v) is 5.96. The van der Waals surface area contributed by atoms with Crippen molar-refractivity contribution in [2.45, 2.75) is 57.4 Å². The van der Waals surface area contributed by atoms with Gasteiger partial charge >= 0.3 is 5.97 Å². The number of hydrogen-bond donors (Lipinski definition) is 2. The van der Waals surface area contributed by atoms with E-state index >= 15 is 0 Å². The molecule has 8 nitrogen and oxygen atoms in total. The van der Waals surface area contributed by atoms with Crippen molar-refractivity contribution in [2.24, 2.45) is 0 Å². The van der Waals surface area contributed by atoms with Crippen LogP contribution in [-0.4, -0.2) is 64.5 Å². The lowest BCUT2D eigenvalue weighted by atomic mass is 9.86. The molecule has 0 aromatic carbocycles. The first-order chi connectivity index (χ1) is 13.9. The molecule has 0 bridgehead atoms. The quantitative estimate of drug-likeness (QED) is 0.720. The van der Waals surface area contributed by atoms with Crippen LogP contribution in [0, 0.1) is 6.92 Å². The molecular formula is C21H30N4O4. The molecule has 2 saturated heterocycles. The summed E-state index contributed by atoms with van der Waals surface area (Å²) in [4.78, 5) is 44.0. The largest absolute Gasteiger partial charge is 0.481 e. The standard InChI is InChI=1S/C21H30N4O4/c1-16-15-17(6-10-22-16)24-11-2-12-25(14-13-24)19(27)4-8-21(9-5-20(28)29)7-3-18(26)23-21/h6,10,15H,2-5,7-9,11-14H2,1H3,(H,23,26)(H,28,29)/t21-/m1/s1. The lowest BCUT2D eigenvalue weighted by Crippen LogP contribution is -2.43. The number of anilines is 1. The maximum atomic E-state index is 12.8. The van der Waals surface area contributed by atoms with E-state index in [1.54, 1.807) is 0 Å². The van der Waals surface area contributed by atoms with Crippen LogP contribution in [0.2, 0.25) is 0 Å². The number of amides is 2. The van der Waals surface area contributed by atoms with Gasteiger partial charge in [0.05, 0.1) is 0 Å². The summed E-state index contributed by atoms with van der Waals surface area (Å²) in [6.45, 7) is 5.02. The predicted molar refractivity (Wildman–Crippen MR) is 109 cm³/mol. The molecule has 2 N–H and O–H groups in total. The molecular weight excluding hydrogens is 372 g/mol. The Morgan fingerprint density at radius 1 is 1.21 bits per heavy atom.